The van der Waals surface area contributed by atoms with Crippen LogP contribution in [-0.2, 0) is 7.05 Å². The Morgan fingerprint density at radius 1 is 1.11 bits per heavy atom. The third kappa shape index (κ3) is 3.13. The van der Waals surface area contributed by atoms with Gasteiger partial charge in [0.15, 0.2) is 0 Å². The third-order valence-corrected chi connectivity index (χ3v) is 4.81. The zero-order valence-corrected chi connectivity index (χ0v) is 13.4. The van der Waals surface area contributed by atoms with Gasteiger partial charge in [-0.15, -0.1) is 0 Å². The van der Waals surface area contributed by atoms with E-state index < -0.39 is 0 Å². The molecule has 3 heteroatoms. The minimum atomic E-state index is 0.463. The molecule has 1 aliphatic rings. The highest BCUT2D eigenvalue weighted by Gasteiger charge is 2.30. The molecule has 1 aromatic heterocycles. The zero-order valence-electron chi connectivity index (χ0n) is 13.4. The van der Waals surface area contributed by atoms with Gasteiger partial charge in [0.1, 0.15) is 0 Å². The summed E-state index contributed by atoms with van der Waals surface area (Å²) in [6.07, 6.45) is 5.27. The van der Waals surface area contributed by atoms with Gasteiger partial charge in [-0.3, -0.25) is 4.68 Å². The van der Waals surface area contributed by atoms with Crippen LogP contribution >= 0.6 is 0 Å². The SMILES string of the molecule is Cc1nn(C)c(C)c1NC1CCC(C(C)(C)C)CC1. The average molecular weight is 263 g/mol. The van der Waals surface area contributed by atoms with Gasteiger partial charge in [0.05, 0.1) is 17.1 Å². The molecule has 0 saturated heterocycles. The quantitative estimate of drug-likeness (QED) is 0.872. The Labute approximate surface area is 117 Å². The first-order valence-electron chi connectivity index (χ1n) is 7.55. The molecule has 0 unspecified atom stereocenters. The van der Waals surface area contributed by atoms with Crippen molar-refractivity contribution in [2.45, 2.75) is 66.3 Å². The molecule has 0 radical (unpaired) electrons. The highest BCUT2D eigenvalue weighted by Crippen LogP contribution is 2.38. The van der Waals surface area contributed by atoms with E-state index in [0.29, 0.717) is 11.5 Å². The predicted octanol–water partition coefficient (Wildman–Crippen LogP) is 4.05. The Kier molecular flexibility index (Phi) is 3.93. The van der Waals surface area contributed by atoms with Crippen LogP contribution in [0, 0.1) is 25.2 Å². The van der Waals surface area contributed by atoms with E-state index in [9.17, 15) is 0 Å². The highest BCUT2D eigenvalue weighted by atomic mass is 15.3. The Morgan fingerprint density at radius 3 is 2.11 bits per heavy atom. The Balaban J connectivity index is 1.96. The highest BCUT2D eigenvalue weighted by molar-refractivity contribution is 5.52. The van der Waals surface area contributed by atoms with Crippen molar-refractivity contribution >= 4 is 5.69 Å². The smallest absolute Gasteiger partial charge is 0.0827 e. The van der Waals surface area contributed by atoms with E-state index in [0.717, 1.165) is 11.6 Å². The topological polar surface area (TPSA) is 29.9 Å². The summed E-state index contributed by atoms with van der Waals surface area (Å²) >= 11 is 0. The van der Waals surface area contributed by atoms with Crippen LogP contribution in [0.3, 0.4) is 0 Å². The van der Waals surface area contributed by atoms with Crippen LogP contribution < -0.4 is 5.32 Å². The molecule has 0 amide bonds. The van der Waals surface area contributed by atoms with Gasteiger partial charge < -0.3 is 5.32 Å². The Bertz CT molecular complexity index is 432. The Morgan fingerprint density at radius 2 is 1.68 bits per heavy atom. The van der Waals surface area contributed by atoms with Crippen molar-refractivity contribution in [1.29, 1.82) is 0 Å². The van der Waals surface area contributed by atoms with Gasteiger partial charge in [0.25, 0.3) is 0 Å². The standard InChI is InChI=1S/C16H29N3/c1-11-15(12(2)19(6)18-11)17-14-9-7-13(8-10-14)16(3,4)5/h13-14,17H,7-10H2,1-6H3. The largest absolute Gasteiger partial charge is 0.379 e. The predicted molar refractivity (Wildman–Crippen MR) is 81.5 cm³/mol. The molecule has 1 aromatic rings. The number of hydrogen-bond acceptors (Lipinski definition) is 2. The zero-order chi connectivity index (χ0) is 14.2. The number of nitrogens with one attached hydrogen (secondary N) is 1. The summed E-state index contributed by atoms with van der Waals surface area (Å²) in [7, 11) is 2.02. The molecule has 0 aromatic carbocycles. The lowest BCUT2D eigenvalue weighted by molar-refractivity contribution is 0.173. The molecule has 1 N–H and O–H groups in total. The van der Waals surface area contributed by atoms with E-state index in [2.05, 4.69) is 45.0 Å². The summed E-state index contributed by atoms with van der Waals surface area (Å²) in [6, 6.07) is 0.625. The maximum atomic E-state index is 4.48. The van der Waals surface area contributed by atoms with Crippen LogP contribution in [-0.4, -0.2) is 15.8 Å². The molecular formula is C16H29N3. The van der Waals surface area contributed by atoms with Crippen molar-refractivity contribution < 1.29 is 0 Å². The van der Waals surface area contributed by atoms with Crippen LogP contribution in [0.1, 0.15) is 57.8 Å². The summed E-state index contributed by atoms with van der Waals surface area (Å²) in [5.41, 5.74) is 4.08. The number of rotatable bonds is 2. The first kappa shape index (κ1) is 14.4. The number of anilines is 1. The van der Waals surface area contributed by atoms with Crippen molar-refractivity contribution in [1.82, 2.24) is 9.78 Å². The number of hydrogen-bond donors (Lipinski definition) is 1. The van der Waals surface area contributed by atoms with Gasteiger partial charge in [0, 0.05) is 13.1 Å². The first-order valence-corrected chi connectivity index (χ1v) is 7.55. The van der Waals surface area contributed by atoms with Crippen LogP contribution in [0.2, 0.25) is 0 Å². The van der Waals surface area contributed by atoms with Crippen LogP contribution in [0.5, 0.6) is 0 Å². The lowest BCUT2D eigenvalue weighted by Gasteiger charge is -2.37. The first-order chi connectivity index (χ1) is 8.79. The van der Waals surface area contributed by atoms with Crippen molar-refractivity contribution in [2.75, 3.05) is 5.32 Å². The molecule has 1 saturated carbocycles. The summed E-state index contributed by atoms with van der Waals surface area (Å²) in [5, 5.41) is 8.21. The maximum absolute atomic E-state index is 4.48. The second-order valence-electron chi connectivity index (χ2n) is 7.23. The molecule has 0 aliphatic heterocycles. The lowest BCUT2D eigenvalue weighted by atomic mass is 9.71. The fourth-order valence-electron chi connectivity index (χ4n) is 3.29. The normalized spacial score (nSPS) is 24.5. The fraction of sp³-hybridized carbons (Fsp3) is 0.812. The molecule has 1 heterocycles. The van der Waals surface area contributed by atoms with Crippen molar-refractivity contribution in [3.05, 3.63) is 11.4 Å². The second kappa shape index (κ2) is 5.18. The van der Waals surface area contributed by atoms with Crippen LogP contribution in [0.4, 0.5) is 5.69 Å². The second-order valence-corrected chi connectivity index (χ2v) is 7.23. The molecule has 19 heavy (non-hydrogen) atoms. The maximum Gasteiger partial charge on any atom is 0.0827 e. The van der Waals surface area contributed by atoms with Crippen molar-refractivity contribution in [3.63, 3.8) is 0 Å². The summed E-state index contributed by atoms with van der Waals surface area (Å²) in [6.45, 7) is 11.4. The van der Waals surface area contributed by atoms with E-state index >= 15 is 0 Å². The van der Waals surface area contributed by atoms with Gasteiger partial charge in [-0.05, 0) is 50.9 Å². The fourth-order valence-corrected chi connectivity index (χ4v) is 3.29. The number of nitrogens with zero attached hydrogens (tertiary/aromatic N) is 2. The minimum Gasteiger partial charge on any atom is -0.379 e. The van der Waals surface area contributed by atoms with E-state index in [1.54, 1.807) is 0 Å². The van der Waals surface area contributed by atoms with Crippen molar-refractivity contribution in [2.24, 2.45) is 18.4 Å². The van der Waals surface area contributed by atoms with Crippen LogP contribution in [0.25, 0.3) is 0 Å². The summed E-state index contributed by atoms with van der Waals surface area (Å²) < 4.78 is 1.97. The molecular weight excluding hydrogens is 234 g/mol. The summed E-state index contributed by atoms with van der Waals surface area (Å²) in [4.78, 5) is 0. The lowest BCUT2D eigenvalue weighted by Crippen LogP contribution is -2.31. The van der Waals surface area contributed by atoms with Crippen LogP contribution in [0.15, 0.2) is 0 Å². The summed E-state index contributed by atoms with van der Waals surface area (Å²) in [5.74, 6) is 0.877. The number of aryl methyl sites for hydroxylation is 2. The molecule has 108 valence electrons. The van der Waals surface area contributed by atoms with Gasteiger partial charge >= 0.3 is 0 Å². The van der Waals surface area contributed by atoms with Gasteiger partial charge in [-0.1, -0.05) is 20.8 Å². The van der Waals surface area contributed by atoms with Gasteiger partial charge in [0.2, 0.25) is 0 Å². The molecule has 3 nitrogen and oxygen atoms in total. The molecule has 0 atom stereocenters. The molecule has 2 rings (SSSR count). The van der Waals surface area contributed by atoms with E-state index in [1.807, 2.05) is 11.7 Å². The van der Waals surface area contributed by atoms with E-state index in [-0.39, 0.29) is 0 Å². The molecule has 1 aliphatic carbocycles. The minimum absolute atomic E-state index is 0.463. The van der Waals surface area contributed by atoms with E-state index in [4.69, 9.17) is 0 Å². The molecule has 0 spiro atoms. The molecule has 1 fully saturated rings. The van der Waals surface area contributed by atoms with Gasteiger partial charge in [-0.2, -0.15) is 5.10 Å². The number of aromatic nitrogens is 2. The monoisotopic (exact) mass is 263 g/mol. The van der Waals surface area contributed by atoms with Gasteiger partial charge in [-0.25, -0.2) is 0 Å². The van der Waals surface area contributed by atoms with Crippen molar-refractivity contribution in [3.8, 4) is 0 Å². The van der Waals surface area contributed by atoms with E-state index in [1.165, 1.54) is 37.1 Å². The Hall–Kier alpha value is -0.990. The molecule has 0 bridgehead atoms. The third-order valence-electron chi connectivity index (χ3n) is 4.81. The average Bonchev–Trinajstić information content (AvgIpc) is 2.56.